The molecular weight excluding hydrogens is 789 g/mol. The second kappa shape index (κ2) is 30.3. The Hall–Kier alpha value is -1.21. The minimum atomic E-state index is -0.412. The Morgan fingerprint density at radius 1 is 0.797 bits per heavy atom. The zero-order valence-electron chi connectivity index (χ0n) is 43.3. The molecule has 10 unspecified atom stereocenters. The number of allylic oxidation sites excluding steroid dienone is 3. The fraction of sp³-hybridized carbons (Fsp3) is 0.914. The van der Waals surface area contributed by atoms with Gasteiger partial charge in [0.25, 0.3) is 0 Å². The van der Waals surface area contributed by atoms with Crippen LogP contribution in [0.25, 0.3) is 0 Å². The molecule has 0 spiro atoms. The van der Waals surface area contributed by atoms with Crippen LogP contribution in [0, 0.1) is 52.3 Å². The van der Waals surface area contributed by atoms with Crippen LogP contribution in [0.5, 0.6) is 0 Å². The summed E-state index contributed by atoms with van der Waals surface area (Å²) in [5, 5.41) is 23.5. The molecule has 4 rings (SSSR count). The highest BCUT2D eigenvalue weighted by molar-refractivity contribution is 5.69. The number of hydrogen-bond acceptors (Lipinski definition) is 6. The molecule has 64 heavy (non-hydrogen) atoms. The molecule has 4 aliphatic carbocycles. The third kappa shape index (κ3) is 18.4. The molecule has 6 heteroatoms. The molecule has 3 fully saturated rings. The predicted octanol–water partition coefficient (Wildman–Crippen LogP) is 14.8. The second-order valence-electron chi connectivity index (χ2n) is 23.2. The first-order chi connectivity index (χ1) is 30.9. The van der Waals surface area contributed by atoms with Gasteiger partial charge in [0.1, 0.15) is 12.3 Å². The van der Waals surface area contributed by atoms with Gasteiger partial charge in [-0.25, -0.2) is 0 Å². The van der Waals surface area contributed by atoms with Crippen LogP contribution in [0.1, 0.15) is 241 Å². The Morgan fingerprint density at radius 3 is 2.31 bits per heavy atom. The summed E-state index contributed by atoms with van der Waals surface area (Å²) in [4.78, 5) is 15.4. The van der Waals surface area contributed by atoms with Gasteiger partial charge < -0.3 is 19.8 Å². The number of esters is 1. The van der Waals surface area contributed by atoms with Crippen molar-refractivity contribution in [3.05, 3.63) is 23.8 Å². The summed E-state index contributed by atoms with van der Waals surface area (Å²) in [7, 11) is 0. The highest BCUT2D eigenvalue weighted by Gasteiger charge is 2.59. The molecule has 3 saturated carbocycles. The smallest absolute Gasteiger partial charge is 0.306 e. The van der Waals surface area contributed by atoms with E-state index in [0.717, 1.165) is 119 Å². The van der Waals surface area contributed by atoms with E-state index in [1.807, 2.05) is 0 Å². The summed E-state index contributed by atoms with van der Waals surface area (Å²) in [6, 6.07) is 0. The molecule has 10 atom stereocenters. The predicted molar refractivity (Wildman–Crippen MR) is 272 cm³/mol. The number of ether oxygens (including phenoxy) is 1. The maximum Gasteiger partial charge on any atom is 0.306 e. The van der Waals surface area contributed by atoms with Gasteiger partial charge >= 0.3 is 5.97 Å². The van der Waals surface area contributed by atoms with Gasteiger partial charge in [0.15, 0.2) is 0 Å². The van der Waals surface area contributed by atoms with Crippen LogP contribution >= 0.6 is 0 Å². The molecule has 3 N–H and O–H groups in total. The second-order valence-corrected chi connectivity index (χ2v) is 23.2. The van der Waals surface area contributed by atoms with Crippen molar-refractivity contribution < 1.29 is 19.7 Å². The molecule has 0 amide bonds. The molecular formula is C58H106N2O4. The van der Waals surface area contributed by atoms with Gasteiger partial charge in [0, 0.05) is 19.4 Å². The van der Waals surface area contributed by atoms with Crippen molar-refractivity contribution in [3.8, 4) is 0 Å². The minimum absolute atomic E-state index is 0.00965. The zero-order chi connectivity index (χ0) is 46.2. The van der Waals surface area contributed by atoms with Gasteiger partial charge in [-0.2, -0.15) is 0 Å². The van der Waals surface area contributed by atoms with Crippen LogP contribution in [0.3, 0.4) is 0 Å². The summed E-state index contributed by atoms with van der Waals surface area (Å²) in [6.07, 6.45) is 43.1. The number of aliphatic hydroxyl groups is 2. The summed E-state index contributed by atoms with van der Waals surface area (Å²) >= 11 is 0. The monoisotopic (exact) mass is 895 g/mol. The number of carbonyl (C=O) groups excluding carboxylic acids is 1. The SMILES string of the molecule is CCCCCCCC/C=C/CC(C)CCCCCC(O)NCCCCN(CCO)CCCCCC(=O)OC1CCC2(C)C(=CCC3C2CCC2(C)C(C(C)CCCC(C)C)CCC32)C1. The van der Waals surface area contributed by atoms with E-state index in [2.05, 4.69) is 76.9 Å². The Kier molecular flexibility index (Phi) is 26.2. The average molecular weight is 895 g/mol. The molecule has 0 aromatic carbocycles. The van der Waals surface area contributed by atoms with Gasteiger partial charge in [-0.15, -0.1) is 0 Å². The molecule has 0 aromatic heterocycles. The highest BCUT2D eigenvalue weighted by Crippen LogP contribution is 2.67. The zero-order valence-corrected chi connectivity index (χ0v) is 43.3. The van der Waals surface area contributed by atoms with Crippen LogP contribution in [0.4, 0.5) is 0 Å². The van der Waals surface area contributed by atoms with E-state index in [1.165, 1.54) is 128 Å². The van der Waals surface area contributed by atoms with Crippen LogP contribution in [0.2, 0.25) is 0 Å². The van der Waals surface area contributed by atoms with E-state index >= 15 is 0 Å². The molecule has 4 aliphatic rings. The first kappa shape index (κ1) is 55.4. The number of nitrogens with one attached hydrogen (secondary N) is 1. The van der Waals surface area contributed by atoms with E-state index in [1.54, 1.807) is 5.57 Å². The highest BCUT2D eigenvalue weighted by atomic mass is 16.5. The molecule has 0 radical (unpaired) electrons. The first-order valence-corrected chi connectivity index (χ1v) is 28.2. The molecule has 0 saturated heterocycles. The van der Waals surface area contributed by atoms with Crippen LogP contribution < -0.4 is 5.32 Å². The molecule has 0 heterocycles. The number of carbonyl (C=O) groups is 1. The Balaban J connectivity index is 1.01. The van der Waals surface area contributed by atoms with Gasteiger partial charge in [-0.05, 0) is 175 Å². The molecule has 0 aliphatic heterocycles. The number of unbranched alkanes of at least 4 members (excludes halogenated alkanes) is 11. The first-order valence-electron chi connectivity index (χ1n) is 28.2. The van der Waals surface area contributed by atoms with Crippen molar-refractivity contribution in [2.75, 3.05) is 32.8 Å². The average Bonchev–Trinajstić information content (AvgIpc) is 3.62. The van der Waals surface area contributed by atoms with Crippen molar-refractivity contribution in [2.24, 2.45) is 52.3 Å². The van der Waals surface area contributed by atoms with Crippen molar-refractivity contribution in [2.45, 2.75) is 253 Å². The summed E-state index contributed by atoms with van der Waals surface area (Å²) < 4.78 is 6.18. The van der Waals surface area contributed by atoms with Gasteiger partial charge in [0.2, 0.25) is 0 Å². The number of aliphatic hydroxyl groups excluding tert-OH is 2. The van der Waals surface area contributed by atoms with Crippen LogP contribution in [0.15, 0.2) is 23.8 Å². The van der Waals surface area contributed by atoms with E-state index in [4.69, 9.17) is 4.74 Å². The number of fused-ring (bicyclic) bond motifs is 5. The molecule has 0 bridgehead atoms. The van der Waals surface area contributed by atoms with Crippen molar-refractivity contribution >= 4 is 5.97 Å². The maximum atomic E-state index is 13.1. The lowest BCUT2D eigenvalue weighted by Gasteiger charge is -2.58. The lowest BCUT2D eigenvalue weighted by atomic mass is 9.47. The van der Waals surface area contributed by atoms with Crippen molar-refractivity contribution in [3.63, 3.8) is 0 Å². The van der Waals surface area contributed by atoms with Gasteiger partial charge in [-0.1, -0.05) is 149 Å². The van der Waals surface area contributed by atoms with Gasteiger partial charge in [0.05, 0.1) is 6.61 Å². The molecule has 6 nitrogen and oxygen atoms in total. The van der Waals surface area contributed by atoms with Crippen molar-refractivity contribution in [1.29, 1.82) is 0 Å². The third-order valence-electron chi connectivity index (χ3n) is 17.7. The Morgan fingerprint density at radius 2 is 1.53 bits per heavy atom. The van der Waals surface area contributed by atoms with E-state index in [9.17, 15) is 15.0 Å². The largest absolute Gasteiger partial charge is 0.462 e. The normalized spacial score (nSPS) is 28.2. The lowest BCUT2D eigenvalue weighted by Crippen LogP contribution is -2.51. The van der Waals surface area contributed by atoms with Crippen molar-refractivity contribution in [1.82, 2.24) is 10.2 Å². The summed E-state index contributed by atoms with van der Waals surface area (Å²) in [5.74, 6) is 5.84. The van der Waals surface area contributed by atoms with Crippen LogP contribution in [-0.4, -0.2) is 66.2 Å². The van der Waals surface area contributed by atoms with E-state index in [0.29, 0.717) is 18.4 Å². The quantitative estimate of drug-likeness (QED) is 0.0254. The number of hydrogen-bond donors (Lipinski definition) is 3. The fourth-order valence-electron chi connectivity index (χ4n) is 13.7. The molecule has 0 aromatic rings. The fourth-order valence-corrected chi connectivity index (χ4v) is 13.7. The van der Waals surface area contributed by atoms with Crippen LogP contribution in [-0.2, 0) is 9.53 Å². The Labute approximate surface area is 396 Å². The van der Waals surface area contributed by atoms with E-state index in [-0.39, 0.29) is 24.1 Å². The topological polar surface area (TPSA) is 82.0 Å². The minimum Gasteiger partial charge on any atom is -0.462 e. The Bertz CT molecular complexity index is 1310. The number of rotatable bonds is 35. The van der Waals surface area contributed by atoms with Gasteiger partial charge in [-0.3, -0.25) is 10.1 Å². The molecule has 372 valence electrons. The van der Waals surface area contributed by atoms with E-state index < -0.39 is 6.23 Å². The standard InChI is InChI=1S/C58H106N2O4/c1-8-9-10-11-12-13-14-15-18-27-47(4)28-19-16-20-30-55(62)59-40-22-24-42-60(43-44-61)41-23-17-21-31-56(63)64-50-36-38-57(6)49(45-50)32-33-51-53-35-34-52(48(5)29-25-26-46(2)3)58(53,7)39-37-54(51)57/h15,18,32,46-48,50-55,59,61-62H,8-14,16-17,19-31,33-45H2,1-7H3/b18-15+. The maximum absolute atomic E-state index is 13.1. The lowest BCUT2D eigenvalue weighted by molar-refractivity contribution is -0.151. The third-order valence-corrected chi connectivity index (χ3v) is 17.7. The summed E-state index contributed by atoms with van der Waals surface area (Å²) in [6.45, 7) is 20.9. The number of nitrogens with zero attached hydrogens (tertiary/aromatic N) is 1. The summed E-state index contributed by atoms with van der Waals surface area (Å²) in [5.41, 5.74) is 2.42.